The van der Waals surface area contributed by atoms with Gasteiger partial charge in [-0.2, -0.15) is 0 Å². The van der Waals surface area contributed by atoms with Crippen LogP contribution in [0.5, 0.6) is 0 Å². The lowest BCUT2D eigenvalue weighted by Crippen LogP contribution is -2.12. The second-order valence-corrected chi connectivity index (χ2v) is 4.64. The van der Waals surface area contributed by atoms with E-state index in [4.69, 9.17) is 23.2 Å². The van der Waals surface area contributed by atoms with Gasteiger partial charge in [0.25, 0.3) is 0 Å². The molecule has 4 heteroatoms. The summed E-state index contributed by atoms with van der Waals surface area (Å²) in [6, 6.07) is 13.2. The van der Waals surface area contributed by atoms with E-state index in [1.165, 1.54) is 6.07 Å². The molecule has 0 aliphatic rings. The third-order valence-electron chi connectivity index (χ3n) is 2.56. The second-order valence-electron chi connectivity index (χ2n) is 3.80. The van der Waals surface area contributed by atoms with Gasteiger partial charge in [0, 0.05) is 21.2 Å². The Labute approximate surface area is 115 Å². The van der Waals surface area contributed by atoms with E-state index in [2.05, 4.69) is 0 Å². The molecule has 0 heterocycles. The summed E-state index contributed by atoms with van der Waals surface area (Å²) in [7, 11) is 0. The van der Waals surface area contributed by atoms with Gasteiger partial charge in [0.2, 0.25) is 0 Å². The van der Waals surface area contributed by atoms with Crippen LogP contribution in [0.15, 0.2) is 48.5 Å². The molecular weight excluding hydrogens is 271 g/mol. The van der Waals surface area contributed by atoms with Crippen molar-refractivity contribution >= 4 is 29.0 Å². The number of aliphatic hydroxyl groups excluding tert-OH is 1. The van der Waals surface area contributed by atoms with Crippen LogP contribution in [-0.2, 0) is 0 Å². The number of benzene rings is 2. The molecule has 0 aliphatic heterocycles. The Morgan fingerprint density at radius 3 is 2.44 bits per heavy atom. The molecule has 1 atom stereocenters. The molecule has 92 valence electrons. The lowest BCUT2D eigenvalue weighted by molar-refractivity contribution is 0.0747. The molecule has 2 rings (SSSR count). The molecule has 1 unspecified atom stereocenters. The minimum Gasteiger partial charge on any atom is -0.380 e. The van der Waals surface area contributed by atoms with E-state index in [0.29, 0.717) is 21.2 Å². The van der Waals surface area contributed by atoms with Crippen LogP contribution in [0.1, 0.15) is 22.0 Å². The van der Waals surface area contributed by atoms with Crippen LogP contribution in [0.25, 0.3) is 0 Å². The van der Waals surface area contributed by atoms with Crippen LogP contribution < -0.4 is 0 Å². The molecule has 0 fully saturated rings. The summed E-state index contributed by atoms with van der Waals surface area (Å²) < 4.78 is 0. The van der Waals surface area contributed by atoms with Gasteiger partial charge in [-0.05, 0) is 18.2 Å². The molecule has 1 N–H and O–H groups in total. The van der Waals surface area contributed by atoms with Crippen molar-refractivity contribution in [3.63, 3.8) is 0 Å². The smallest absolute Gasteiger partial charge is 0.195 e. The molecule has 0 radical (unpaired) electrons. The van der Waals surface area contributed by atoms with E-state index >= 15 is 0 Å². The van der Waals surface area contributed by atoms with Gasteiger partial charge in [-0.25, -0.2) is 0 Å². The van der Waals surface area contributed by atoms with Crippen molar-refractivity contribution in [1.29, 1.82) is 0 Å². The third-order valence-corrected chi connectivity index (χ3v) is 3.14. The SMILES string of the molecule is O=C(c1cccc(Cl)c1)C(O)c1ccccc1Cl. The fourth-order valence-corrected chi connectivity index (χ4v) is 2.07. The Balaban J connectivity index is 2.32. The molecule has 0 aliphatic carbocycles. The fraction of sp³-hybridized carbons (Fsp3) is 0.0714. The topological polar surface area (TPSA) is 37.3 Å². The molecule has 2 nitrogen and oxygen atoms in total. The van der Waals surface area contributed by atoms with Crippen LogP contribution in [0, 0.1) is 0 Å². The fourth-order valence-electron chi connectivity index (χ4n) is 1.64. The zero-order chi connectivity index (χ0) is 13.1. The monoisotopic (exact) mass is 280 g/mol. The van der Waals surface area contributed by atoms with Gasteiger partial charge in [0.15, 0.2) is 5.78 Å². The van der Waals surface area contributed by atoms with Crippen LogP contribution in [0.3, 0.4) is 0 Å². The minimum atomic E-state index is -1.28. The van der Waals surface area contributed by atoms with Gasteiger partial charge < -0.3 is 5.11 Å². The van der Waals surface area contributed by atoms with Crippen LogP contribution in [0.2, 0.25) is 10.0 Å². The maximum atomic E-state index is 12.1. The Morgan fingerprint density at radius 1 is 1.06 bits per heavy atom. The number of Topliss-reactive ketones (excluding diaryl/α,β-unsaturated/α-hetero) is 1. The highest BCUT2D eigenvalue weighted by atomic mass is 35.5. The highest BCUT2D eigenvalue weighted by Crippen LogP contribution is 2.26. The first-order valence-electron chi connectivity index (χ1n) is 5.32. The molecule has 2 aromatic rings. The molecule has 0 saturated carbocycles. The Kier molecular flexibility index (Phi) is 4.02. The van der Waals surface area contributed by atoms with E-state index in [0.717, 1.165) is 0 Å². The van der Waals surface area contributed by atoms with Crippen molar-refractivity contribution in [1.82, 2.24) is 0 Å². The summed E-state index contributed by atoms with van der Waals surface area (Å²) in [6.07, 6.45) is -1.28. The molecule has 0 amide bonds. The molecular formula is C14H10Cl2O2. The van der Waals surface area contributed by atoms with Crippen LogP contribution in [0.4, 0.5) is 0 Å². The van der Waals surface area contributed by atoms with E-state index in [-0.39, 0.29) is 0 Å². The largest absolute Gasteiger partial charge is 0.380 e. The summed E-state index contributed by atoms with van der Waals surface area (Å²) in [4.78, 5) is 12.1. The number of aliphatic hydroxyl groups is 1. The van der Waals surface area contributed by atoms with E-state index in [1.807, 2.05) is 0 Å². The van der Waals surface area contributed by atoms with Gasteiger partial charge in [0.05, 0.1) is 0 Å². The van der Waals surface area contributed by atoms with Crippen LogP contribution >= 0.6 is 23.2 Å². The minimum absolute atomic E-state index is 0.356. The predicted molar refractivity (Wildman–Crippen MR) is 72.2 cm³/mol. The molecule has 0 spiro atoms. The highest BCUT2D eigenvalue weighted by molar-refractivity contribution is 6.32. The number of rotatable bonds is 3. The van der Waals surface area contributed by atoms with Crippen molar-refractivity contribution in [2.45, 2.75) is 6.10 Å². The van der Waals surface area contributed by atoms with E-state index in [9.17, 15) is 9.90 Å². The van der Waals surface area contributed by atoms with E-state index in [1.54, 1.807) is 42.5 Å². The molecule has 2 aromatic carbocycles. The molecule has 0 aromatic heterocycles. The molecule has 18 heavy (non-hydrogen) atoms. The lowest BCUT2D eigenvalue weighted by Gasteiger charge is -2.11. The zero-order valence-corrected chi connectivity index (χ0v) is 10.8. The quantitative estimate of drug-likeness (QED) is 0.866. The first-order valence-corrected chi connectivity index (χ1v) is 6.07. The number of hydrogen-bond donors (Lipinski definition) is 1. The summed E-state index contributed by atoms with van der Waals surface area (Å²) in [5.74, 6) is -0.425. The summed E-state index contributed by atoms with van der Waals surface area (Å²) in [6.45, 7) is 0. The number of carbonyl (C=O) groups is 1. The summed E-state index contributed by atoms with van der Waals surface area (Å²) in [5.41, 5.74) is 0.749. The van der Waals surface area contributed by atoms with Gasteiger partial charge in [-0.1, -0.05) is 53.5 Å². The van der Waals surface area contributed by atoms with Crippen molar-refractivity contribution in [2.75, 3.05) is 0 Å². The van der Waals surface area contributed by atoms with Crippen molar-refractivity contribution in [2.24, 2.45) is 0 Å². The zero-order valence-electron chi connectivity index (χ0n) is 9.31. The highest BCUT2D eigenvalue weighted by Gasteiger charge is 2.21. The number of ketones is 1. The van der Waals surface area contributed by atoms with Gasteiger partial charge >= 0.3 is 0 Å². The Hall–Kier alpha value is -1.35. The standard InChI is InChI=1S/C14H10Cl2O2/c15-10-5-3-4-9(8-10)13(17)14(18)11-6-1-2-7-12(11)16/h1-8,14,18H. The maximum absolute atomic E-state index is 12.1. The van der Waals surface area contributed by atoms with Crippen molar-refractivity contribution in [3.8, 4) is 0 Å². The van der Waals surface area contributed by atoms with Gasteiger partial charge in [0.1, 0.15) is 6.10 Å². The predicted octanol–water partition coefficient (Wildman–Crippen LogP) is 3.91. The average Bonchev–Trinajstić information content (AvgIpc) is 2.37. The maximum Gasteiger partial charge on any atom is 0.195 e. The summed E-state index contributed by atoms with van der Waals surface area (Å²) in [5, 5.41) is 10.8. The number of carbonyl (C=O) groups excluding carboxylic acids is 1. The molecule has 0 bridgehead atoms. The average molecular weight is 281 g/mol. The van der Waals surface area contributed by atoms with Gasteiger partial charge in [-0.15, -0.1) is 0 Å². The number of hydrogen-bond acceptors (Lipinski definition) is 2. The normalized spacial score (nSPS) is 12.2. The number of halogens is 2. The Morgan fingerprint density at radius 2 is 1.78 bits per heavy atom. The summed E-state index contributed by atoms with van der Waals surface area (Å²) >= 11 is 11.8. The van der Waals surface area contributed by atoms with E-state index < -0.39 is 11.9 Å². The first kappa shape index (κ1) is 13.1. The van der Waals surface area contributed by atoms with Crippen molar-refractivity contribution in [3.05, 3.63) is 69.7 Å². The Bertz CT molecular complexity index is 582. The van der Waals surface area contributed by atoms with Crippen LogP contribution in [-0.4, -0.2) is 10.9 Å². The molecule has 0 saturated heterocycles. The van der Waals surface area contributed by atoms with Crippen molar-refractivity contribution < 1.29 is 9.90 Å². The lowest BCUT2D eigenvalue weighted by atomic mass is 10.00. The third kappa shape index (κ3) is 2.72. The first-order chi connectivity index (χ1) is 8.59. The second kappa shape index (κ2) is 5.53. The van der Waals surface area contributed by atoms with Gasteiger partial charge in [-0.3, -0.25) is 4.79 Å².